The highest BCUT2D eigenvalue weighted by Crippen LogP contribution is 2.30. The fourth-order valence-corrected chi connectivity index (χ4v) is 4.73. The van der Waals surface area contributed by atoms with Crippen LogP contribution in [0.25, 0.3) is 0 Å². The molecule has 0 saturated carbocycles. The molecule has 0 aliphatic carbocycles. The molecule has 30 heavy (non-hydrogen) atoms. The Morgan fingerprint density at radius 3 is 1.80 bits per heavy atom. The fraction of sp³-hybridized carbons (Fsp3) is 0.375. The van der Waals surface area contributed by atoms with Crippen LogP contribution in [0.2, 0.25) is 0 Å². The predicted octanol–water partition coefficient (Wildman–Crippen LogP) is 3.97. The summed E-state index contributed by atoms with van der Waals surface area (Å²) in [5.74, 6) is 0. The van der Waals surface area contributed by atoms with Crippen molar-refractivity contribution in [2.45, 2.75) is 31.6 Å². The van der Waals surface area contributed by atoms with Crippen molar-refractivity contribution in [2.24, 2.45) is 0 Å². The van der Waals surface area contributed by atoms with Gasteiger partial charge in [-0.3, -0.25) is 4.90 Å². The van der Waals surface area contributed by atoms with Crippen LogP contribution < -0.4 is 0 Å². The van der Waals surface area contributed by atoms with Crippen LogP contribution in [0.1, 0.15) is 37.9 Å². The van der Waals surface area contributed by atoms with Crippen molar-refractivity contribution >= 4 is 9.84 Å². The van der Waals surface area contributed by atoms with Crippen molar-refractivity contribution in [3.05, 3.63) is 82.9 Å². The van der Waals surface area contributed by atoms with Crippen molar-refractivity contribution < 1.29 is 8.42 Å². The molecule has 2 aromatic rings. The fourth-order valence-electron chi connectivity index (χ4n) is 3.66. The van der Waals surface area contributed by atoms with Gasteiger partial charge in [0.15, 0.2) is 14.7 Å². The molecule has 0 bridgehead atoms. The maximum absolute atomic E-state index is 12.7. The van der Waals surface area contributed by atoms with E-state index in [1.165, 1.54) is 17.3 Å². The highest BCUT2D eigenvalue weighted by atomic mass is 32.2. The summed E-state index contributed by atoms with van der Waals surface area (Å²) in [6, 6.07) is 22.9. The van der Waals surface area contributed by atoms with Crippen LogP contribution in [0, 0.1) is 11.3 Å². The number of benzene rings is 2. The average Bonchev–Trinajstić information content (AvgIpc) is 2.74. The Balaban J connectivity index is 1.80. The molecule has 1 heterocycles. The van der Waals surface area contributed by atoms with Crippen LogP contribution in [0.4, 0.5) is 0 Å². The van der Waals surface area contributed by atoms with Gasteiger partial charge in [-0.1, -0.05) is 60.7 Å². The Bertz CT molecular complexity index is 972. The van der Waals surface area contributed by atoms with Gasteiger partial charge in [0.2, 0.25) is 0 Å². The van der Waals surface area contributed by atoms with Crippen LogP contribution in [-0.4, -0.2) is 49.1 Å². The summed E-state index contributed by atoms with van der Waals surface area (Å²) in [7, 11) is -3.66. The molecule has 6 heteroatoms. The van der Waals surface area contributed by atoms with E-state index < -0.39 is 14.6 Å². The molecule has 2 aromatic carbocycles. The number of sulfone groups is 1. The van der Waals surface area contributed by atoms with E-state index in [9.17, 15) is 13.7 Å². The van der Waals surface area contributed by atoms with E-state index in [1.807, 2.05) is 23.1 Å². The number of nitriles is 1. The second-order valence-electron chi connectivity index (χ2n) is 8.52. The Kier molecular flexibility index (Phi) is 6.64. The standard InChI is InChI=1S/C24H29N3O2S/c1-24(2,3)30(28,29)22(18-25)19-26-14-16-27(17-15-26)23(20-10-6-4-7-11-20)21-12-8-5-9-13-21/h4-13,19,23H,14-17H2,1-3H3/b22-19-. The minimum atomic E-state index is -3.66. The first-order chi connectivity index (χ1) is 14.2. The van der Waals surface area contributed by atoms with E-state index in [2.05, 4.69) is 53.4 Å². The molecule has 0 unspecified atom stereocenters. The van der Waals surface area contributed by atoms with E-state index in [-0.39, 0.29) is 10.9 Å². The number of allylic oxidation sites excluding steroid dienone is 1. The van der Waals surface area contributed by atoms with Gasteiger partial charge in [0.05, 0.1) is 10.8 Å². The first kappa shape index (κ1) is 22.1. The lowest BCUT2D eigenvalue weighted by Gasteiger charge is -2.39. The Labute approximate surface area is 180 Å². The summed E-state index contributed by atoms with van der Waals surface area (Å²) < 4.78 is 24.3. The molecule has 1 aliphatic rings. The van der Waals surface area contributed by atoms with Crippen molar-refractivity contribution in [3.8, 4) is 6.07 Å². The minimum absolute atomic E-state index is 0.146. The van der Waals surface area contributed by atoms with Crippen LogP contribution in [0.15, 0.2) is 71.8 Å². The van der Waals surface area contributed by atoms with Crippen LogP contribution in [0.5, 0.6) is 0 Å². The molecule has 1 saturated heterocycles. The van der Waals surface area contributed by atoms with E-state index in [0.717, 1.165) is 13.1 Å². The number of nitrogens with zero attached hydrogens (tertiary/aromatic N) is 3. The van der Waals surface area contributed by atoms with Gasteiger partial charge in [-0.05, 0) is 31.9 Å². The van der Waals surface area contributed by atoms with Crippen LogP contribution in [-0.2, 0) is 9.84 Å². The van der Waals surface area contributed by atoms with Crippen LogP contribution in [0.3, 0.4) is 0 Å². The number of hydrogen-bond donors (Lipinski definition) is 0. The van der Waals surface area contributed by atoms with Crippen molar-refractivity contribution in [2.75, 3.05) is 26.2 Å². The third-order valence-electron chi connectivity index (χ3n) is 5.45. The van der Waals surface area contributed by atoms with E-state index in [1.54, 1.807) is 20.8 Å². The Morgan fingerprint density at radius 2 is 1.40 bits per heavy atom. The number of rotatable bonds is 5. The molecule has 158 valence electrons. The van der Waals surface area contributed by atoms with Gasteiger partial charge in [0.1, 0.15) is 6.07 Å². The van der Waals surface area contributed by atoms with Gasteiger partial charge < -0.3 is 4.90 Å². The molecule has 1 fully saturated rings. The monoisotopic (exact) mass is 423 g/mol. The van der Waals surface area contributed by atoms with Gasteiger partial charge in [-0.15, -0.1) is 0 Å². The summed E-state index contributed by atoms with van der Waals surface area (Å²) in [6.07, 6.45) is 1.53. The summed E-state index contributed by atoms with van der Waals surface area (Å²) in [5.41, 5.74) is 2.47. The quantitative estimate of drug-likeness (QED) is 0.681. The normalized spacial score (nSPS) is 16.5. The number of hydrogen-bond acceptors (Lipinski definition) is 5. The summed E-state index contributed by atoms with van der Waals surface area (Å²) in [5, 5.41) is 9.46. The maximum Gasteiger partial charge on any atom is 0.194 e. The first-order valence-electron chi connectivity index (χ1n) is 10.2. The second kappa shape index (κ2) is 9.03. The Morgan fingerprint density at radius 1 is 0.933 bits per heavy atom. The molecule has 0 atom stereocenters. The maximum atomic E-state index is 12.7. The van der Waals surface area contributed by atoms with Crippen molar-refractivity contribution in [3.63, 3.8) is 0 Å². The van der Waals surface area contributed by atoms with E-state index in [4.69, 9.17) is 0 Å². The molecule has 5 nitrogen and oxygen atoms in total. The summed E-state index contributed by atoms with van der Waals surface area (Å²) in [4.78, 5) is 4.20. The largest absolute Gasteiger partial charge is 0.373 e. The highest BCUT2D eigenvalue weighted by molar-refractivity contribution is 7.96. The molecule has 0 spiro atoms. The van der Waals surface area contributed by atoms with Crippen molar-refractivity contribution in [1.82, 2.24) is 9.80 Å². The third-order valence-corrected chi connectivity index (χ3v) is 7.84. The lowest BCUT2D eigenvalue weighted by molar-refractivity contribution is 0.139. The van der Waals surface area contributed by atoms with Gasteiger partial charge in [0.25, 0.3) is 0 Å². The lowest BCUT2D eigenvalue weighted by atomic mass is 9.96. The molecule has 0 aromatic heterocycles. The van der Waals surface area contributed by atoms with E-state index in [0.29, 0.717) is 13.1 Å². The zero-order chi connectivity index (χ0) is 21.8. The number of piperazine rings is 1. The zero-order valence-electron chi connectivity index (χ0n) is 17.8. The van der Waals surface area contributed by atoms with Crippen LogP contribution >= 0.6 is 0 Å². The molecule has 0 N–H and O–H groups in total. The first-order valence-corrected chi connectivity index (χ1v) is 11.7. The van der Waals surface area contributed by atoms with Gasteiger partial charge in [0, 0.05) is 32.4 Å². The molecule has 1 aliphatic heterocycles. The molecule has 3 rings (SSSR count). The molecule has 0 radical (unpaired) electrons. The second-order valence-corrected chi connectivity index (χ2v) is 11.2. The van der Waals surface area contributed by atoms with E-state index >= 15 is 0 Å². The minimum Gasteiger partial charge on any atom is -0.373 e. The zero-order valence-corrected chi connectivity index (χ0v) is 18.6. The summed E-state index contributed by atoms with van der Waals surface area (Å²) in [6.45, 7) is 7.75. The smallest absolute Gasteiger partial charge is 0.194 e. The molecular weight excluding hydrogens is 394 g/mol. The van der Waals surface area contributed by atoms with Crippen molar-refractivity contribution in [1.29, 1.82) is 5.26 Å². The topological polar surface area (TPSA) is 64.4 Å². The molecule has 0 amide bonds. The highest BCUT2D eigenvalue weighted by Gasteiger charge is 2.34. The lowest BCUT2D eigenvalue weighted by Crippen LogP contribution is -2.46. The SMILES string of the molecule is CC(C)(C)S(=O)(=O)/C(C#N)=C\N1CCN(C(c2ccccc2)c2ccccc2)CC1. The van der Waals surface area contributed by atoms with Gasteiger partial charge in [-0.25, -0.2) is 8.42 Å². The predicted molar refractivity (Wildman–Crippen MR) is 120 cm³/mol. The third kappa shape index (κ3) is 4.75. The summed E-state index contributed by atoms with van der Waals surface area (Å²) >= 11 is 0. The van der Waals surface area contributed by atoms with Gasteiger partial charge >= 0.3 is 0 Å². The Hall–Kier alpha value is -2.62. The van der Waals surface area contributed by atoms with Gasteiger partial charge in [-0.2, -0.15) is 5.26 Å². The average molecular weight is 424 g/mol. The molecular formula is C24H29N3O2S.